The molecule has 0 aliphatic heterocycles. The number of aromatic carboxylic acids is 1. The van der Waals surface area contributed by atoms with E-state index in [1.165, 1.54) is 23.1 Å². The molecule has 3 heteroatoms. The highest BCUT2D eigenvalue weighted by Gasteiger charge is 2.37. The summed E-state index contributed by atoms with van der Waals surface area (Å²) in [5, 5.41) is 9.05. The Morgan fingerprint density at radius 2 is 1.54 bits per heavy atom. The van der Waals surface area contributed by atoms with Crippen LogP contribution < -0.4 is 4.74 Å². The highest BCUT2D eigenvalue weighted by atomic mass is 16.5. The molecule has 2 aromatic carbocycles. The van der Waals surface area contributed by atoms with E-state index in [0.717, 1.165) is 18.6 Å². The van der Waals surface area contributed by atoms with Gasteiger partial charge in [0.15, 0.2) is 0 Å². The largest absolute Gasteiger partial charge is 0.478 e. The normalized spacial score (nSPS) is 17.4. The number of aryl methyl sites for hydroxylation is 1. The number of hydrogen-bond donors (Lipinski definition) is 1. The number of carboxylic acid groups (broad SMARTS) is 1. The number of ether oxygens (including phenoxy) is 1. The summed E-state index contributed by atoms with van der Waals surface area (Å²) in [6, 6.07) is 11.1. The van der Waals surface area contributed by atoms with Gasteiger partial charge in [-0.3, -0.25) is 0 Å². The minimum Gasteiger partial charge on any atom is -0.478 e. The third kappa shape index (κ3) is 3.35. The van der Waals surface area contributed by atoms with Crippen LogP contribution in [-0.4, -0.2) is 11.1 Å². The number of carboxylic acids is 1. The molecule has 3 rings (SSSR count). The summed E-state index contributed by atoms with van der Waals surface area (Å²) in [6.45, 7) is 11.4. The molecule has 1 N–H and O–H groups in total. The van der Waals surface area contributed by atoms with Crippen molar-refractivity contribution in [2.75, 3.05) is 0 Å². The Hall–Kier alpha value is -2.29. The highest BCUT2D eigenvalue weighted by molar-refractivity contribution is 5.87. The van der Waals surface area contributed by atoms with Crippen LogP contribution in [0.25, 0.3) is 0 Å². The molecule has 0 saturated carbocycles. The van der Waals surface area contributed by atoms with E-state index < -0.39 is 5.97 Å². The average Bonchev–Trinajstić information content (AvgIpc) is 2.59. The van der Waals surface area contributed by atoms with Gasteiger partial charge in [0, 0.05) is 0 Å². The number of rotatable bonds is 4. The van der Waals surface area contributed by atoms with Gasteiger partial charge in [-0.05, 0) is 77.1 Å². The van der Waals surface area contributed by atoms with E-state index in [1.54, 1.807) is 24.3 Å². The molecular formula is C23H28O3. The summed E-state index contributed by atoms with van der Waals surface area (Å²) in [7, 11) is 0. The number of hydrogen-bond acceptors (Lipinski definition) is 2. The minimum atomic E-state index is -0.927. The number of benzene rings is 2. The third-order valence-electron chi connectivity index (χ3n) is 5.74. The average molecular weight is 352 g/mol. The van der Waals surface area contributed by atoms with E-state index in [9.17, 15) is 4.79 Å². The zero-order valence-electron chi connectivity index (χ0n) is 16.3. The lowest BCUT2D eigenvalue weighted by atomic mass is 9.63. The van der Waals surface area contributed by atoms with E-state index >= 15 is 0 Å². The maximum absolute atomic E-state index is 11.0. The van der Waals surface area contributed by atoms with Crippen LogP contribution in [0.4, 0.5) is 0 Å². The highest BCUT2D eigenvalue weighted by Crippen LogP contribution is 2.48. The van der Waals surface area contributed by atoms with Crippen molar-refractivity contribution in [3.8, 4) is 11.5 Å². The predicted octanol–water partition coefficient (Wildman–Crippen LogP) is 6.09. The van der Waals surface area contributed by atoms with Crippen LogP contribution >= 0.6 is 0 Å². The number of fused-ring (bicyclic) bond motifs is 1. The van der Waals surface area contributed by atoms with Crippen LogP contribution in [0, 0.1) is 0 Å². The van der Waals surface area contributed by atoms with Crippen molar-refractivity contribution in [3.05, 3.63) is 58.7 Å². The van der Waals surface area contributed by atoms with Crippen LogP contribution in [0.5, 0.6) is 11.5 Å². The lowest BCUT2D eigenvalue weighted by Crippen LogP contribution is -2.34. The third-order valence-corrected chi connectivity index (χ3v) is 5.74. The Morgan fingerprint density at radius 1 is 1.00 bits per heavy atom. The summed E-state index contributed by atoms with van der Waals surface area (Å²) in [5.74, 6) is 0.612. The molecule has 3 nitrogen and oxygen atoms in total. The van der Waals surface area contributed by atoms with E-state index in [2.05, 4.69) is 46.8 Å². The first-order valence-corrected chi connectivity index (χ1v) is 9.33. The molecule has 1 aliphatic rings. The lowest BCUT2D eigenvalue weighted by Gasteiger charge is -2.42. The fourth-order valence-corrected chi connectivity index (χ4v) is 3.80. The molecule has 1 aliphatic carbocycles. The second kappa shape index (κ2) is 6.46. The van der Waals surface area contributed by atoms with E-state index in [4.69, 9.17) is 9.84 Å². The molecule has 0 radical (unpaired) electrons. The Labute approximate surface area is 156 Å². The first kappa shape index (κ1) is 18.5. The summed E-state index contributed by atoms with van der Waals surface area (Å²) in [4.78, 5) is 11.0. The molecular weight excluding hydrogens is 324 g/mol. The predicted molar refractivity (Wildman–Crippen MR) is 105 cm³/mol. The molecule has 26 heavy (non-hydrogen) atoms. The summed E-state index contributed by atoms with van der Waals surface area (Å²) >= 11 is 0. The Bertz CT molecular complexity index is 829. The molecule has 0 saturated heterocycles. The smallest absolute Gasteiger partial charge is 0.335 e. The van der Waals surface area contributed by atoms with Crippen LogP contribution in [0.3, 0.4) is 0 Å². The first-order chi connectivity index (χ1) is 12.1. The molecule has 0 bridgehead atoms. The zero-order chi connectivity index (χ0) is 19.1. The van der Waals surface area contributed by atoms with E-state index in [0.29, 0.717) is 5.75 Å². The molecule has 0 fully saturated rings. The van der Waals surface area contributed by atoms with E-state index in [1.807, 2.05) is 0 Å². The van der Waals surface area contributed by atoms with Gasteiger partial charge in [-0.2, -0.15) is 0 Å². The SMILES string of the molecule is CCc1cc2c(cc1Oc1ccc(C(=O)O)cc1)C(C)(C)CCC2(C)C. The van der Waals surface area contributed by atoms with Crippen molar-refractivity contribution >= 4 is 5.97 Å². The Kier molecular flexibility index (Phi) is 4.60. The quantitative estimate of drug-likeness (QED) is 0.724. The summed E-state index contributed by atoms with van der Waals surface area (Å²) in [6.07, 6.45) is 3.24. The van der Waals surface area contributed by atoms with Gasteiger partial charge in [0.25, 0.3) is 0 Å². The maximum Gasteiger partial charge on any atom is 0.335 e. The van der Waals surface area contributed by atoms with Gasteiger partial charge in [-0.1, -0.05) is 40.7 Å². The maximum atomic E-state index is 11.0. The van der Waals surface area contributed by atoms with E-state index in [-0.39, 0.29) is 16.4 Å². The Balaban J connectivity index is 2.03. The standard InChI is InChI=1S/C23H28O3/c1-6-15-13-18-19(23(4,5)12-11-22(18,2)3)14-20(15)26-17-9-7-16(8-10-17)21(24)25/h7-10,13-14H,6,11-12H2,1-5H3,(H,24,25). The fraction of sp³-hybridized carbons (Fsp3) is 0.435. The van der Waals surface area contributed by atoms with Gasteiger partial charge >= 0.3 is 5.97 Å². The zero-order valence-corrected chi connectivity index (χ0v) is 16.3. The molecule has 0 amide bonds. The molecule has 0 atom stereocenters. The first-order valence-electron chi connectivity index (χ1n) is 9.33. The van der Waals surface area contributed by atoms with Crippen molar-refractivity contribution in [2.45, 2.75) is 64.7 Å². The van der Waals surface area contributed by atoms with Gasteiger partial charge in [-0.25, -0.2) is 4.79 Å². The van der Waals surface area contributed by atoms with Crippen molar-refractivity contribution in [3.63, 3.8) is 0 Å². The minimum absolute atomic E-state index is 0.127. The van der Waals surface area contributed by atoms with Crippen LogP contribution in [0.1, 0.15) is 74.5 Å². The monoisotopic (exact) mass is 352 g/mol. The van der Waals surface area contributed by atoms with Crippen molar-refractivity contribution in [2.24, 2.45) is 0 Å². The van der Waals surface area contributed by atoms with Gasteiger partial charge < -0.3 is 9.84 Å². The van der Waals surface area contributed by atoms with Crippen molar-refractivity contribution in [1.29, 1.82) is 0 Å². The molecule has 0 aromatic heterocycles. The molecule has 0 unspecified atom stereocenters. The van der Waals surface area contributed by atoms with Crippen LogP contribution in [0.2, 0.25) is 0 Å². The molecule has 0 spiro atoms. The lowest BCUT2D eigenvalue weighted by molar-refractivity contribution is 0.0697. The number of carbonyl (C=O) groups is 1. The second-order valence-electron chi connectivity index (χ2n) is 8.56. The van der Waals surface area contributed by atoms with Gasteiger partial charge in [0.1, 0.15) is 11.5 Å². The Morgan fingerprint density at radius 3 is 2.04 bits per heavy atom. The molecule has 2 aromatic rings. The van der Waals surface area contributed by atoms with Gasteiger partial charge in [0.2, 0.25) is 0 Å². The summed E-state index contributed by atoms with van der Waals surface area (Å²) in [5.41, 5.74) is 4.55. The van der Waals surface area contributed by atoms with Crippen molar-refractivity contribution < 1.29 is 14.6 Å². The summed E-state index contributed by atoms with van der Waals surface area (Å²) < 4.78 is 6.17. The topological polar surface area (TPSA) is 46.5 Å². The van der Waals surface area contributed by atoms with Gasteiger partial charge in [-0.15, -0.1) is 0 Å². The van der Waals surface area contributed by atoms with Gasteiger partial charge in [0.05, 0.1) is 5.56 Å². The fourth-order valence-electron chi connectivity index (χ4n) is 3.80. The molecule has 138 valence electrons. The second-order valence-corrected chi connectivity index (χ2v) is 8.56. The van der Waals surface area contributed by atoms with Crippen molar-refractivity contribution in [1.82, 2.24) is 0 Å². The van der Waals surface area contributed by atoms with Crippen LogP contribution in [-0.2, 0) is 17.3 Å². The molecule has 0 heterocycles. The van der Waals surface area contributed by atoms with Crippen LogP contribution in [0.15, 0.2) is 36.4 Å².